The lowest BCUT2D eigenvalue weighted by Gasteiger charge is -2.19. The topological polar surface area (TPSA) is 83.3 Å². The fraction of sp³-hybridized carbons (Fsp3) is 0.250. The molecular weight excluding hydrogens is 282 g/mol. The lowest BCUT2D eigenvalue weighted by atomic mass is 10.1. The Hall–Kier alpha value is -2.76. The number of nitrogens with zero attached hydrogens (tertiary/aromatic N) is 2. The van der Waals surface area contributed by atoms with Gasteiger partial charge in [-0.25, -0.2) is 4.79 Å². The maximum Gasteiger partial charge on any atom is 0.419 e. The van der Waals surface area contributed by atoms with E-state index in [0.717, 1.165) is 16.5 Å². The summed E-state index contributed by atoms with van der Waals surface area (Å²) in [4.78, 5) is 12.4. The number of fused-ring (bicyclic) bond motifs is 1. The quantitative estimate of drug-likeness (QED) is 0.741. The van der Waals surface area contributed by atoms with Crippen LogP contribution in [0.5, 0.6) is 0 Å². The fourth-order valence-corrected chi connectivity index (χ4v) is 2.26. The molecule has 0 saturated carbocycles. The lowest BCUT2D eigenvalue weighted by Crippen LogP contribution is -2.26. The number of hydrogen-bond acceptors (Lipinski definition) is 5. The second kappa shape index (κ2) is 4.91. The first-order valence-electron chi connectivity index (χ1n) is 6.91. The zero-order valence-electron chi connectivity index (χ0n) is 12.7. The minimum Gasteiger partial charge on any atom is -0.443 e. The lowest BCUT2D eigenvalue weighted by molar-refractivity contribution is 0.0544. The summed E-state index contributed by atoms with van der Waals surface area (Å²) in [7, 11) is 0. The number of nitrogen functional groups attached to an aromatic ring is 1. The number of ether oxygens (including phenoxy) is 1. The summed E-state index contributed by atoms with van der Waals surface area (Å²) in [5.74, 6) is 0.226. The van der Waals surface area contributed by atoms with Crippen molar-refractivity contribution in [3.8, 4) is 11.3 Å². The molecule has 0 unspecified atom stereocenters. The van der Waals surface area contributed by atoms with Crippen molar-refractivity contribution >= 4 is 22.9 Å². The van der Waals surface area contributed by atoms with Crippen LogP contribution in [-0.4, -0.2) is 21.4 Å². The zero-order chi connectivity index (χ0) is 15.9. The van der Waals surface area contributed by atoms with E-state index in [1.165, 1.54) is 4.57 Å². The van der Waals surface area contributed by atoms with Gasteiger partial charge in [-0.1, -0.05) is 23.4 Å². The highest BCUT2D eigenvalue weighted by Gasteiger charge is 2.21. The minimum absolute atomic E-state index is 0.226. The molecule has 6 heteroatoms. The standard InChI is InChI=1S/C16H17N3O3/c1-16(2,3)21-15(20)19-9-11(12-8-14(17)22-18-12)10-6-4-5-7-13(10)19/h4-9H,17H2,1-3H3. The Balaban J connectivity index is 2.14. The Kier molecular flexibility index (Phi) is 3.16. The Labute approximate surface area is 127 Å². The average molecular weight is 299 g/mol. The predicted octanol–water partition coefficient (Wildman–Crippen LogP) is 3.66. The molecule has 2 N–H and O–H groups in total. The highest BCUT2D eigenvalue weighted by Crippen LogP contribution is 2.31. The molecule has 0 saturated heterocycles. The molecule has 0 aliphatic rings. The Morgan fingerprint density at radius 2 is 2.05 bits per heavy atom. The Morgan fingerprint density at radius 3 is 2.68 bits per heavy atom. The van der Waals surface area contributed by atoms with Gasteiger partial charge in [-0.15, -0.1) is 0 Å². The summed E-state index contributed by atoms with van der Waals surface area (Å²) < 4.78 is 11.8. The van der Waals surface area contributed by atoms with Crippen molar-refractivity contribution in [2.75, 3.05) is 5.73 Å². The highest BCUT2D eigenvalue weighted by molar-refractivity contribution is 6.00. The molecule has 0 radical (unpaired) electrons. The molecule has 0 amide bonds. The Morgan fingerprint density at radius 1 is 1.32 bits per heavy atom. The van der Waals surface area contributed by atoms with Crippen molar-refractivity contribution in [3.63, 3.8) is 0 Å². The van der Waals surface area contributed by atoms with Crippen molar-refractivity contribution in [2.45, 2.75) is 26.4 Å². The van der Waals surface area contributed by atoms with E-state index in [1.54, 1.807) is 12.3 Å². The van der Waals surface area contributed by atoms with Gasteiger partial charge in [-0.3, -0.25) is 4.57 Å². The SMILES string of the molecule is CC(C)(C)OC(=O)n1cc(-c2cc(N)on2)c2ccccc21. The molecule has 2 heterocycles. The number of carbonyl (C=O) groups is 1. The number of rotatable bonds is 1. The molecular formula is C16H17N3O3. The van der Waals surface area contributed by atoms with Crippen LogP contribution in [0, 0.1) is 0 Å². The van der Waals surface area contributed by atoms with Gasteiger partial charge in [0.15, 0.2) is 0 Å². The number of hydrogen-bond donors (Lipinski definition) is 1. The molecule has 3 rings (SSSR count). The van der Waals surface area contributed by atoms with Gasteiger partial charge < -0.3 is 15.0 Å². The van der Waals surface area contributed by atoms with Gasteiger partial charge in [0.1, 0.15) is 11.3 Å². The molecule has 0 atom stereocenters. The van der Waals surface area contributed by atoms with Crippen molar-refractivity contribution in [1.82, 2.24) is 9.72 Å². The largest absolute Gasteiger partial charge is 0.443 e. The molecule has 22 heavy (non-hydrogen) atoms. The number of aromatic nitrogens is 2. The van der Waals surface area contributed by atoms with Crippen LogP contribution in [0.3, 0.4) is 0 Å². The molecule has 0 aliphatic carbocycles. The predicted molar refractivity (Wildman–Crippen MR) is 83.5 cm³/mol. The van der Waals surface area contributed by atoms with Gasteiger partial charge in [0.2, 0.25) is 5.88 Å². The number of anilines is 1. The summed E-state index contributed by atoms with van der Waals surface area (Å²) in [6, 6.07) is 9.16. The van der Waals surface area contributed by atoms with E-state index in [1.807, 2.05) is 45.0 Å². The molecule has 0 fully saturated rings. The zero-order valence-corrected chi connectivity index (χ0v) is 12.7. The van der Waals surface area contributed by atoms with Gasteiger partial charge in [0, 0.05) is 23.2 Å². The second-order valence-corrected chi connectivity index (χ2v) is 6.02. The third-order valence-corrected chi connectivity index (χ3v) is 3.11. The summed E-state index contributed by atoms with van der Waals surface area (Å²) in [5, 5.41) is 4.79. The fourth-order valence-electron chi connectivity index (χ4n) is 2.26. The van der Waals surface area contributed by atoms with Crippen molar-refractivity contribution in [2.24, 2.45) is 0 Å². The van der Waals surface area contributed by atoms with E-state index >= 15 is 0 Å². The van der Waals surface area contributed by atoms with Crippen LogP contribution in [-0.2, 0) is 4.74 Å². The molecule has 114 valence electrons. The minimum atomic E-state index is -0.569. The van der Waals surface area contributed by atoms with E-state index in [4.69, 9.17) is 15.0 Å². The summed E-state index contributed by atoms with van der Waals surface area (Å²) >= 11 is 0. The van der Waals surface area contributed by atoms with Crippen LogP contribution in [0.4, 0.5) is 10.7 Å². The first kappa shape index (κ1) is 14.2. The highest BCUT2D eigenvalue weighted by atomic mass is 16.6. The normalized spacial score (nSPS) is 11.8. The summed E-state index contributed by atoms with van der Waals surface area (Å²) in [6.45, 7) is 5.49. The van der Waals surface area contributed by atoms with Crippen LogP contribution in [0.2, 0.25) is 0 Å². The summed E-state index contributed by atoms with van der Waals surface area (Å²) in [6.07, 6.45) is 1.25. The third kappa shape index (κ3) is 2.55. The first-order chi connectivity index (χ1) is 10.3. The number of carbonyl (C=O) groups excluding carboxylic acids is 1. The van der Waals surface area contributed by atoms with E-state index in [-0.39, 0.29) is 5.88 Å². The molecule has 0 bridgehead atoms. The second-order valence-electron chi connectivity index (χ2n) is 6.02. The smallest absolute Gasteiger partial charge is 0.419 e. The number of nitrogens with two attached hydrogens (primary N) is 1. The maximum absolute atomic E-state index is 12.4. The van der Waals surface area contributed by atoms with E-state index in [9.17, 15) is 4.79 Å². The van der Waals surface area contributed by atoms with Gasteiger partial charge in [0.25, 0.3) is 0 Å². The summed E-state index contributed by atoms with van der Waals surface area (Å²) in [5.41, 5.74) is 7.10. The van der Waals surface area contributed by atoms with Crippen LogP contribution >= 0.6 is 0 Å². The first-order valence-corrected chi connectivity index (χ1v) is 6.91. The molecule has 2 aromatic heterocycles. The van der Waals surface area contributed by atoms with Crippen molar-refractivity contribution < 1.29 is 14.1 Å². The number of benzene rings is 1. The average Bonchev–Trinajstić information content (AvgIpc) is 3.00. The van der Waals surface area contributed by atoms with Crippen molar-refractivity contribution in [3.05, 3.63) is 36.5 Å². The van der Waals surface area contributed by atoms with Crippen LogP contribution in [0.1, 0.15) is 20.8 Å². The molecule has 6 nitrogen and oxygen atoms in total. The van der Waals surface area contributed by atoms with Crippen LogP contribution < -0.4 is 5.73 Å². The van der Waals surface area contributed by atoms with Gasteiger partial charge in [0.05, 0.1) is 5.52 Å². The van der Waals surface area contributed by atoms with Gasteiger partial charge >= 0.3 is 6.09 Å². The molecule has 1 aromatic carbocycles. The van der Waals surface area contributed by atoms with E-state index in [0.29, 0.717) is 5.69 Å². The maximum atomic E-state index is 12.4. The molecule has 3 aromatic rings. The van der Waals surface area contributed by atoms with Gasteiger partial charge in [-0.2, -0.15) is 0 Å². The number of para-hydroxylation sites is 1. The van der Waals surface area contributed by atoms with Crippen LogP contribution in [0.15, 0.2) is 41.1 Å². The molecule has 0 aliphatic heterocycles. The Bertz CT molecular complexity index is 840. The van der Waals surface area contributed by atoms with Crippen molar-refractivity contribution in [1.29, 1.82) is 0 Å². The third-order valence-electron chi connectivity index (χ3n) is 3.11. The molecule has 0 spiro atoms. The monoisotopic (exact) mass is 299 g/mol. The van der Waals surface area contributed by atoms with Gasteiger partial charge in [-0.05, 0) is 26.8 Å². The van der Waals surface area contributed by atoms with E-state index < -0.39 is 11.7 Å². The van der Waals surface area contributed by atoms with E-state index in [2.05, 4.69) is 5.16 Å². The van der Waals surface area contributed by atoms with Crippen LogP contribution in [0.25, 0.3) is 22.2 Å².